The topological polar surface area (TPSA) is 45.3 Å². The Morgan fingerprint density at radius 3 is 2.16 bits per heavy atom. The molecule has 0 fully saturated rings. The third-order valence-electron chi connectivity index (χ3n) is 4.13. The van der Waals surface area contributed by atoms with Crippen molar-refractivity contribution < 1.29 is 4.74 Å². The minimum atomic E-state index is 0.856. The maximum Gasteiger partial charge on any atom is 0.141 e. The van der Waals surface area contributed by atoms with Gasteiger partial charge < -0.3 is 20.7 Å². The third kappa shape index (κ3) is 4.64. The molecule has 0 spiro atoms. The number of hydrogen-bond acceptors (Lipinski definition) is 4. The van der Waals surface area contributed by atoms with Crippen LogP contribution in [0.3, 0.4) is 0 Å². The van der Waals surface area contributed by atoms with Crippen LogP contribution < -0.4 is 20.7 Å². The number of fused-ring (bicyclic) bond motifs is 1. The minimum Gasteiger partial charge on any atom is -0.495 e. The first-order valence-electron chi connectivity index (χ1n) is 8.68. The van der Waals surface area contributed by atoms with E-state index in [4.69, 9.17) is 4.74 Å². The summed E-state index contributed by atoms with van der Waals surface area (Å²) >= 11 is 0. The summed E-state index contributed by atoms with van der Waals surface area (Å²) in [5.41, 5.74) is 2.22. The smallest absolute Gasteiger partial charge is 0.141 e. The maximum absolute atomic E-state index is 5.33. The molecule has 0 heterocycles. The van der Waals surface area contributed by atoms with Gasteiger partial charge in [-0.1, -0.05) is 48.5 Å². The van der Waals surface area contributed by atoms with Crippen molar-refractivity contribution in [3.63, 3.8) is 0 Å². The molecule has 25 heavy (non-hydrogen) atoms. The number of rotatable bonds is 9. The standard InChI is InChI=1S/C21H25N3O/c1-25-21-12-5-4-10-20(21)24-16-14-22-13-15-23-19-11-6-8-17-7-2-3-9-18(17)19/h2-12,22-24H,13-16H2,1H3. The Bertz CT molecular complexity index is 799. The molecule has 0 radical (unpaired) electrons. The largest absolute Gasteiger partial charge is 0.495 e. The molecular formula is C21H25N3O. The van der Waals surface area contributed by atoms with Crippen LogP contribution in [0.1, 0.15) is 0 Å². The van der Waals surface area contributed by atoms with Crippen molar-refractivity contribution in [2.24, 2.45) is 0 Å². The highest BCUT2D eigenvalue weighted by molar-refractivity contribution is 5.93. The summed E-state index contributed by atoms with van der Waals surface area (Å²) in [5, 5.41) is 12.9. The first-order chi connectivity index (χ1) is 12.4. The minimum absolute atomic E-state index is 0.856. The van der Waals surface area contributed by atoms with E-state index in [9.17, 15) is 0 Å². The zero-order valence-electron chi connectivity index (χ0n) is 14.6. The molecule has 4 heteroatoms. The first kappa shape index (κ1) is 17.1. The molecule has 0 saturated carbocycles. The second-order valence-electron chi connectivity index (χ2n) is 5.83. The molecule has 0 unspecified atom stereocenters. The average Bonchev–Trinajstić information content (AvgIpc) is 2.67. The molecule has 3 N–H and O–H groups in total. The highest BCUT2D eigenvalue weighted by atomic mass is 16.5. The number of anilines is 2. The van der Waals surface area contributed by atoms with Crippen LogP contribution in [-0.2, 0) is 0 Å². The normalized spacial score (nSPS) is 10.6. The van der Waals surface area contributed by atoms with Crippen molar-refractivity contribution in [2.75, 3.05) is 43.9 Å². The number of benzene rings is 3. The average molecular weight is 335 g/mol. The Hall–Kier alpha value is -2.72. The van der Waals surface area contributed by atoms with E-state index in [1.807, 2.05) is 24.3 Å². The molecule has 4 nitrogen and oxygen atoms in total. The van der Waals surface area contributed by atoms with Crippen LogP contribution >= 0.6 is 0 Å². The Morgan fingerprint density at radius 2 is 1.32 bits per heavy atom. The number of ether oxygens (including phenoxy) is 1. The lowest BCUT2D eigenvalue weighted by molar-refractivity contribution is 0.416. The summed E-state index contributed by atoms with van der Waals surface area (Å²) in [7, 11) is 1.69. The van der Waals surface area contributed by atoms with E-state index in [0.717, 1.165) is 37.6 Å². The molecule has 3 aromatic rings. The molecule has 0 bridgehead atoms. The van der Waals surface area contributed by atoms with Crippen LogP contribution in [-0.4, -0.2) is 33.3 Å². The van der Waals surface area contributed by atoms with Gasteiger partial charge >= 0.3 is 0 Å². The fraction of sp³-hybridized carbons (Fsp3) is 0.238. The molecule has 3 aromatic carbocycles. The van der Waals surface area contributed by atoms with Gasteiger partial charge in [0.1, 0.15) is 5.75 Å². The SMILES string of the molecule is COc1ccccc1NCCNCCNc1cccc2ccccc12. The van der Waals surface area contributed by atoms with Gasteiger partial charge in [0, 0.05) is 37.3 Å². The van der Waals surface area contributed by atoms with E-state index < -0.39 is 0 Å². The summed E-state index contributed by atoms with van der Waals surface area (Å²) in [6.45, 7) is 3.56. The lowest BCUT2D eigenvalue weighted by Crippen LogP contribution is -2.27. The molecule has 0 aliphatic rings. The van der Waals surface area contributed by atoms with Crippen LogP contribution in [0.2, 0.25) is 0 Å². The van der Waals surface area contributed by atoms with Crippen LogP contribution in [0.4, 0.5) is 11.4 Å². The van der Waals surface area contributed by atoms with Gasteiger partial charge in [-0.05, 0) is 23.6 Å². The van der Waals surface area contributed by atoms with Crippen molar-refractivity contribution in [3.8, 4) is 5.75 Å². The van der Waals surface area contributed by atoms with Crippen molar-refractivity contribution in [1.29, 1.82) is 0 Å². The molecule has 0 saturated heterocycles. The molecular weight excluding hydrogens is 310 g/mol. The Balaban J connectivity index is 1.38. The van der Waals surface area contributed by atoms with Gasteiger partial charge in [0.25, 0.3) is 0 Å². The van der Waals surface area contributed by atoms with Gasteiger partial charge in [-0.3, -0.25) is 0 Å². The van der Waals surface area contributed by atoms with Gasteiger partial charge in [0.15, 0.2) is 0 Å². The lowest BCUT2D eigenvalue weighted by atomic mass is 10.1. The number of hydrogen-bond donors (Lipinski definition) is 3. The predicted octanol–water partition coefficient (Wildman–Crippen LogP) is 3.96. The van der Waals surface area contributed by atoms with Gasteiger partial charge in [-0.25, -0.2) is 0 Å². The molecule has 130 valence electrons. The van der Waals surface area contributed by atoms with E-state index in [2.05, 4.69) is 58.4 Å². The summed E-state index contributed by atoms with van der Waals surface area (Å²) in [5.74, 6) is 0.875. The molecule has 0 atom stereocenters. The summed E-state index contributed by atoms with van der Waals surface area (Å²) < 4.78 is 5.33. The van der Waals surface area contributed by atoms with Crippen molar-refractivity contribution >= 4 is 22.1 Å². The summed E-state index contributed by atoms with van der Waals surface area (Å²) in [4.78, 5) is 0. The zero-order valence-corrected chi connectivity index (χ0v) is 14.6. The highest BCUT2D eigenvalue weighted by Crippen LogP contribution is 2.23. The van der Waals surface area contributed by atoms with Crippen LogP contribution in [0.25, 0.3) is 10.8 Å². The number of para-hydroxylation sites is 2. The van der Waals surface area contributed by atoms with Gasteiger partial charge in [0.2, 0.25) is 0 Å². The zero-order chi connectivity index (χ0) is 17.3. The number of nitrogens with one attached hydrogen (secondary N) is 3. The summed E-state index contributed by atoms with van der Waals surface area (Å²) in [6.07, 6.45) is 0. The maximum atomic E-state index is 5.33. The first-order valence-corrected chi connectivity index (χ1v) is 8.68. The Kier molecular flexibility index (Phi) is 6.12. The molecule has 0 amide bonds. The predicted molar refractivity (Wildman–Crippen MR) is 107 cm³/mol. The summed E-state index contributed by atoms with van der Waals surface area (Å²) in [6, 6.07) is 22.8. The van der Waals surface area contributed by atoms with E-state index >= 15 is 0 Å². The third-order valence-corrected chi connectivity index (χ3v) is 4.13. The molecule has 3 rings (SSSR count). The second-order valence-corrected chi connectivity index (χ2v) is 5.83. The lowest BCUT2D eigenvalue weighted by Gasteiger charge is -2.12. The fourth-order valence-corrected chi connectivity index (χ4v) is 2.87. The van der Waals surface area contributed by atoms with Gasteiger partial charge in [-0.2, -0.15) is 0 Å². The van der Waals surface area contributed by atoms with Crippen molar-refractivity contribution in [2.45, 2.75) is 0 Å². The van der Waals surface area contributed by atoms with E-state index in [1.54, 1.807) is 7.11 Å². The second kappa shape index (κ2) is 8.94. The van der Waals surface area contributed by atoms with Gasteiger partial charge in [-0.15, -0.1) is 0 Å². The fourth-order valence-electron chi connectivity index (χ4n) is 2.87. The van der Waals surface area contributed by atoms with E-state index in [-0.39, 0.29) is 0 Å². The Labute approximate surface area is 149 Å². The molecule has 0 aliphatic carbocycles. The van der Waals surface area contributed by atoms with Crippen LogP contribution in [0, 0.1) is 0 Å². The Morgan fingerprint density at radius 1 is 0.680 bits per heavy atom. The van der Waals surface area contributed by atoms with Gasteiger partial charge in [0.05, 0.1) is 12.8 Å². The molecule has 0 aliphatic heterocycles. The van der Waals surface area contributed by atoms with Crippen LogP contribution in [0.5, 0.6) is 5.75 Å². The van der Waals surface area contributed by atoms with E-state index in [0.29, 0.717) is 0 Å². The quantitative estimate of drug-likeness (QED) is 0.518. The van der Waals surface area contributed by atoms with Crippen molar-refractivity contribution in [3.05, 3.63) is 66.7 Å². The van der Waals surface area contributed by atoms with Crippen LogP contribution in [0.15, 0.2) is 66.7 Å². The van der Waals surface area contributed by atoms with Crippen molar-refractivity contribution in [1.82, 2.24) is 5.32 Å². The molecule has 0 aromatic heterocycles. The van der Waals surface area contributed by atoms with E-state index in [1.165, 1.54) is 16.5 Å². The monoisotopic (exact) mass is 335 g/mol. The number of methoxy groups -OCH3 is 1. The highest BCUT2D eigenvalue weighted by Gasteiger charge is 2.00.